The molecule has 10 heteroatoms. The lowest BCUT2D eigenvalue weighted by atomic mass is 10.1. The number of nitrogens with two attached hydrogens (primary N) is 1. The van der Waals surface area contributed by atoms with Gasteiger partial charge in [-0.05, 0) is 12.5 Å². The van der Waals surface area contributed by atoms with E-state index in [1.165, 1.54) is 6.20 Å². The summed E-state index contributed by atoms with van der Waals surface area (Å²) in [6, 6.07) is 8.98. The highest BCUT2D eigenvalue weighted by Gasteiger charge is 2.15. The van der Waals surface area contributed by atoms with Crippen LogP contribution in [0, 0.1) is 18.3 Å². The summed E-state index contributed by atoms with van der Waals surface area (Å²) < 4.78 is 0. The fraction of sp³-hybridized carbons (Fsp3) is 0.111. The second-order valence-electron chi connectivity index (χ2n) is 5.79. The predicted octanol–water partition coefficient (Wildman–Crippen LogP) is 1.71. The number of carboxylic acids is 1. The minimum Gasteiger partial charge on any atom is -0.491 e. The topological polar surface area (TPSA) is 171 Å². The molecule has 140 valence electrons. The van der Waals surface area contributed by atoms with Gasteiger partial charge >= 0.3 is 5.97 Å². The zero-order valence-corrected chi connectivity index (χ0v) is 14.7. The Morgan fingerprint density at radius 3 is 2.61 bits per heavy atom. The van der Waals surface area contributed by atoms with Gasteiger partial charge in [0, 0.05) is 12.1 Å². The first-order chi connectivity index (χ1) is 13.4. The van der Waals surface area contributed by atoms with Gasteiger partial charge in [-0.1, -0.05) is 24.3 Å². The monoisotopic (exact) mass is 377 g/mol. The van der Waals surface area contributed by atoms with Gasteiger partial charge in [-0.3, -0.25) is 0 Å². The van der Waals surface area contributed by atoms with E-state index in [2.05, 4.69) is 25.3 Å². The number of aryl methyl sites for hydroxylation is 1. The van der Waals surface area contributed by atoms with Crippen LogP contribution in [0.25, 0.3) is 11.3 Å². The molecule has 0 saturated carbocycles. The van der Waals surface area contributed by atoms with Crippen molar-refractivity contribution in [3.05, 3.63) is 53.1 Å². The van der Waals surface area contributed by atoms with E-state index in [4.69, 9.17) is 11.0 Å². The first kappa shape index (κ1) is 18.5. The summed E-state index contributed by atoms with van der Waals surface area (Å²) in [4.78, 5) is 27.1. The SMILES string of the molecule is Cc1nc(N)c(O)nc1-c1ccc(CNc2ncc(C#N)nc2C(=O)O)cc1. The van der Waals surface area contributed by atoms with E-state index in [0.29, 0.717) is 17.9 Å². The number of nitrogens with zero attached hydrogens (tertiary/aromatic N) is 5. The molecule has 3 rings (SSSR count). The van der Waals surface area contributed by atoms with E-state index in [-0.39, 0.29) is 28.9 Å². The number of hydrogen-bond acceptors (Lipinski definition) is 9. The normalized spacial score (nSPS) is 10.3. The molecule has 0 saturated heterocycles. The summed E-state index contributed by atoms with van der Waals surface area (Å²) in [7, 11) is 0. The Labute approximate surface area is 159 Å². The number of benzene rings is 1. The third kappa shape index (κ3) is 3.78. The molecule has 0 fully saturated rings. The highest BCUT2D eigenvalue weighted by molar-refractivity contribution is 5.90. The zero-order chi connectivity index (χ0) is 20.3. The number of nitrogen functional groups attached to an aromatic ring is 1. The lowest BCUT2D eigenvalue weighted by Crippen LogP contribution is -2.11. The molecule has 2 heterocycles. The molecule has 2 aromatic heterocycles. The van der Waals surface area contributed by atoms with Crippen LogP contribution in [0.15, 0.2) is 30.5 Å². The lowest BCUT2D eigenvalue weighted by molar-refractivity contribution is 0.0691. The number of carbonyl (C=O) groups is 1. The molecule has 0 aliphatic carbocycles. The number of hydrogen-bond donors (Lipinski definition) is 4. The average Bonchev–Trinajstić information content (AvgIpc) is 2.69. The number of aromatic carboxylic acids is 1. The molecule has 0 radical (unpaired) electrons. The Balaban J connectivity index is 1.78. The van der Waals surface area contributed by atoms with E-state index in [1.807, 2.05) is 12.1 Å². The van der Waals surface area contributed by atoms with Crippen molar-refractivity contribution in [3.8, 4) is 23.2 Å². The van der Waals surface area contributed by atoms with Crippen LogP contribution in [-0.4, -0.2) is 36.1 Å². The van der Waals surface area contributed by atoms with E-state index in [0.717, 1.165) is 11.1 Å². The smallest absolute Gasteiger partial charge is 0.358 e. The molecule has 0 unspecified atom stereocenters. The van der Waals surface area contributed by atoms with Crippen LogP contribution in [-0.2, 0) is 6.54 Å². The molecule has 10 nitrogen and oxygen atoms in total. The zero-order valence-electron chi connectivity index (χ0n) is 14.7. The lowest BCUT2D eigenvalue weighted by Gasteiger charge is -2.10. The molecule has 0 spiro atoms. The Bertz CT molecular complexity index is 1090. The molecule has 0 amide bonds. The van der Waals surface area contributed by atoms with Crippen molar-refractivity contribution in [1.82, 2.24) is 19.9 Å². The van der Waals surface area contributed by atoms with Crippen molar-refractivity contribution in [3.63, 3.8) is 0 Å². The van der Waals surface area contributed by atoms with Gasteiger partial charge in [-0.2, -0.15) is 5.26 Å². The fourth-order valence-electron chi connectivity index (χ4n) is 2.49. The molecule has 0 bridgehead atoms. The maximum Gasteiger partial charge on any atom is 0.358 e. The highest BCUT2D eigenvalue weighted by Crippen LogP contribution is 2.25. The van der Waals surface area contributed by atoms with Gasteiger partial charge in [0.05, 0.1) is 17.6 Å². The second kappa shape index (κ2) is 7.55. The number of rotatable bonds is 5. The average molecular weight is 377 g/mol. The first-order valence-corrected chi connectivity index (χ1v) is 8.05. The van der Waals surface area contributed by atoms with Gasteiger partial charge in [0.1, 0.15) is 6.07 Å². The van der Waals surface area contributed by atoms with Crippen molar-refractivity contribution in [2.75, 3.05) is 11.1 Å². The van der Waals surface area contributed by atoms with Crippen LogP contribution in [0.4, 0.5) is 11.6 Å². The number of carboxylic acid groups (broad SMARTS) is 1. The number of nitrogens with one attached hydrogen (secondary N) is 1. The Hall–Kier alpha value is -4.26. The second-order valence-corrected chi connectivity index (χ2v) is 5.79. The summed E-state index contributed by atoms with van der Waals surface area (Å²) in [6.07, 6.45) is 1.20. The molecule has 28 heavy (non-hydrogen) atoms. The van der Waals surface area contributed by atoms with Crippen molar-refractivity contribution < 1.29 is 15.0 Å². The minimum atomic E-state index is -1.28. The molecule has 0 aliphatic rings. The van der Waals surface area contributed by atoms with Crippen LogP contribution in [0.3, 0.4) is 0 Å². The van der Waals surface area contributed by atoms with Crippen LogP contribution in [0.2, 0.25) is 0 Å². The van der Waals surface area contributed by atoms with Crippen molar-refractivity contribution in [1.29, 1.82) is 5.26 Å². The summed E-state index contributed by atoms with van der Waals surface area (Å²) in [5.74, 6) is -1.56. The largest absolute Gasteiger partial charge is 0.491 e. The number of aromatic hydroxyl groups is 1. The summed E-state index contributed by atoms with van der Waals surface area (Å²) >= 11 is 0. The number of nitriles is 1. The number of aromatic nitrogens is 4. The predicted molar refractivity (Wildman–Crippen MR) is 99.3 cm³/mol. The Morgan fingerprint density at radius 2 is 1.96 bits per heavy atom. The van der Waals surface area contributed by atoms with Gasteiger partial charge < -0.3 is 21.3 Å². The van der Waals surface area contributed by atoms with Gasteiger partial charge in [0.15, 0.2) is 23.0 Å². The maximum atomic E-state index is 11.3. The summed E-state index contributed by atoms with van der Waals surface area (Å²) in [6.45, 7) is 2.03. The van der Waals surface area contributed by atoms with Crippen molar-refractivity contribution in [2.45, 2.75) is 13.5 Å². The van der Waals surface area contributed by atoms with Crippen LogP contribution < -0.4 is 11.1 Å². The van der Waals surface area contributed by atoms with Crippen LogP contribution in [0.5, 0.6) is 5.88 Å². The van der Waals surface area contributed by atoms with Crippen molar-refractivity contribution in [2.24, 2.45) is 0 Å². The maximum absolute atomic E-state index is 11.3. The molecule has 3 aromatic rings. The Kier molecular flexibility index (Phi) is 4.99. The molecule has 0 atom stereocenters. The van der Waals surface area contributed by atoms with Gasteiger partial charge in [-0.15, -0.1) is 0 Å². The van der Waals surface area contributed by atoms with E-state index < -0.39 is 5.97 Å². The third-order valence-corrected chi connectivity index (χ3v) is 3.85. The summed E-state index contributed by atoms with van der Waals surface area (Å²) in [5, 5.41) is 30.6. The van der Waals surface area contributed by atoms with Gasteiger partial charge in [0.25, 0.3) is 5.88 Å². The Morgan fingerprint density at radius 1 is 1.25 bits per heavy atom. The number of anilines is 2. The van der Waals surface area contributed by atoms with E-state index in [1.54, 1.807) is 25.1 Å². The van der Waals surface area contributed by atoms with Crippen LogP contribution in [0.1, 0.15) is 27.4 Å². The quantitative estimate of drug-likeness (QED) is 0.513. The highest BCUT2D eigenvalue weighted by atomic mass is 16.4. The summed E-state index contributed by atoms with van der Waals surface area (Å²) in [5.41, 5.74) is 7.82. The molecular weight excluding hydrogens is 362 g/mol. The fourth-order valence-corrected chi connectivity index (χ4v) is 2.49. The standard InChI is InChI=1S/C18H15N7O3/c1-9-13(25-17(26)15(20)23-9)11-4-2-10(3-5-11)7-21-16-14(18(27)28)24-12(6-19)8-22-16/h2-5,8H,7H2,1H3,(H2,20,23)(H,21,22)(H,25,26)(H,27,28). The van der Waals surface area contributed by atoms with Gasteiger partial charge in [-0.25, -0.2) is 24.7 Å². The first-order valence-electron chi connectivity index (χ1n) is 8.05. The molecule has 5 N–H and O–H groups in total. The van der Waals surface area contributed by atoms with E-state index in [9.17, 15) is 15.0 Å². The third-order valence-electron chi connectivity index (χ3n) is 3.85. The van der Waals surface area contributed by atoms with E-state index >= 15 is 0 Å². The molecule has 0 aliphatic heterocycles. The molecule has 1 aromatic carbocycles. The van der Waals surface area contributed by atoms with Crippen molar-refractivity contribution >= 4 is 17.6 Å². The van der Waals surface area contributed by atoms with Crippen LogP contribution >= 0.6 is 0 Å². The minimum absolute atomic E-state index is 0.0279. The van der Waals surface area contributed by atoms with Gasteiger partial charge in [0.2, 0.25) is 0 Å². The molecular formula is C18H15N7O3.